The number of carbonyl (C=O) groups excluding carboxylic acids is 2. The molecule has 0 fully saturated rings. The van der Waals surface area contributed by atoms with Crippen LogP contribution in [-0.2, 0) is 4.79 Å². The smallest absolute Gasteiger partial charge is 0.265 e. The number of carbonyl (C=O) groups is 2. The molecule has 120 valence electrons. The molecule has 0 saturated carbocycles. The predicted octanol–water partition coefficient (Wildman–Crippen LogP) is 2.20. The second-order valence-corrected chi connectivity index (χ2v) is 4.84. The van der Waals surface area contributed by atoms with Gasteiger partial charge in [-0.1, -0.05) is 12.1 Å². The average Bonchev–Trinajstić information content (AvgIpc) is 2.55. The van der Waals surface area contributed by atoms with Crippen molar-refractivity contribution >= 4 is 17.5 Å². The number of hydrogen-bond donors (Lipinski definition) is 2. The standard InChI is InChI=1S/C17H18N2O4/c1-11(23-15-6-4-3-5-14(15)22-2)17(21)19-13-9-7-12(8-10-13)16(18)20/h3-11H,1-2H3,(H2,18,20)(H,19,21). The second kappa shape index (κ2) is 7.31. The maximum atomic E-state index is 12.2. The maximum Gasteiger partial charge on any atom is 0.265 e. The molecule has 3 N–H and O–H groups in total. The van der Waals surface area contributed by atoms with E-state index in [1.807, 2.05) is 6.07 Å². The first kappa shape index (κ1) is 16.4. The van der Waals surface area contributed by atoms with Crippen LogP contribution in [0.2, 0.25) is 0 Å². The van der Waals surface area contributed by atoms with Gasteiger partial charge in [0.15, 0.2) is 17.6 Å². The van der Waals surface area contributed by atoms with Gasteiger partial charge in [0.25, 0.3) is 5.91 Å². The molecule has 0 aliphatic heterocycles. The Labute approximate surface area is 134 Å². The summed E-state index contributed by atoms with van der Waals surface area (Å²) in [6, 6.07) is 13.4. The largest absolute Gasteiger partial charge is 0.493 e. The molecule has 0 aliphatic rings. The number of benzene rings is 2. The number of methoxy groups -OCH3 is 1. The molecule has 2 aromatic carbocycles. The number of nitrogens with one attached hydrogen (secondary N) is 1. The summed E-state index contributed by atoms with van der Waals surface area (Å²) in [7, 11) is 1.53. The Morgan fingerprint density at radius 1 is 1.04 bits per heavy atom. The number of rotatable bonds is 6. The molecular formula is C17H18N2O4. The normalized spacial score (nSPS) is 11.4. The quantitative estimate of drug-likeness (QED) is 0.855. The van der Waals surface area contributed by atoms with Crippen LogP contribution in [0, 0.1) is 0 Å². The molecule has 0 aromatic heterocycles. The van der Waals surface area contributed by atoms with Crippen LogP contribution in [-0.4, -0.2) is 25.0 Å². The zero-order valence-corrected chi connectivity index (χ0v) is 12.9. The monoisotopic (exact) mass is 314 g/mol. The zero-order valence-electron chi connectivity index (χ0n) is 12.9. The van der Waals surface area contributed by atoms with Crippen molar-refractivity contribution in [1.82, 2.24) is 0 Å². The van der Waals surface area contributed by atoms with E-state index in [1.54, 1.807) is 49.4 Å². The third-order valence-corrected chi connectivity index (χ3v) is 3.18. The molecule has 6 nitrogen and oxygen atoms in total. The Kier molecular flexibility index (Phi) is 5.19. The maximum absolute atomic E-state index is 12.2. The van der Waals surface area contributed by atoms with E-state index in [4.69, 9.17) is 15.2 Å². The van der Waals surface area contributed by atoms with Crippen molar-refractivity contribution in [2.75, 3.05) is 12.4 Å². The molecule has 0 radical (unpaired) electrons. The molecule has 0 heterocycles. The topological polar surface area (TPSA) is 90.7 Å². The van der Waals surface area contributed by atoms with E-state index in [0.29, 0.717) is 22.7 Å². The van der Waals surface area contributed by atoms with E-state index in [1.165, 1.54) is 7.11 Å². The van der Waals surface area contributed by atoms with Crippen LogP contribution >= 0.6 is 0 Å². The molecule has 23 heavy (non-hydrogen) atoms. The summed E-state index contributed by atoms with van der Waals surface area (Å²) in [5.74, 6) is 0.207. The molecular weight excluding hydrogens is 296 g/mol. The van der Waals surface area contributed by atoms with Gasteiger partial charge < -0.3 is 20.5 Å². The fourth-order valence-electron chi connectivity index (χ4n) is 1.92. The zero-order chi connectivity index (χ0) is 16.8. The van der Waals surface area contributed by atoms with E-state index in [9.17, 15) is 9.59 Å². The Morgan fingerprint density at radius 2 is 1.65 bits per heavy atom. The summed E-state index contributed by atoms with van der Waals surface area (Å²) in [5, 5.41) is 2.71. The van der Waals surface area contributed by atoms with Crippen molar-refractivity contribution in [3.63, 3.8) is 0 Å². The minimum absolute atomic E-state index is 0.317. The molecule has 2 rings (SSSR count). The average molecular weight is 314 g/mol. The predicted molar refractivity (Wildman–Crippen MR) is 86.7 cm³/mol. The van der Waals surface area contributed by atoms with Gasteiger partial charge in [-0.25, -0.2) is 0 Å². The molecule has 0 saturated heterocycles. The highest BCUT2D eigenvalue weighted by atomic mass is 16.5. The minimum Gasteiger partial charge on any atom is -0.493 e. The van der Waals surface area contributed by atoms with Crippen LogP contribution in [0.4, 0.5) is 5.69 Å². The summed E-state index contributed by atoms with van der Waals surface area (Å²) >= 11 is 0. The lowest BCUT2D eigenvalue weighted by Gasteiger charge is -2.16. The third kappa shape index (κ3) is 4.23. The first-order valence-corrected chi connectivity index (χ1v) is 7.01. The van der Waals surface area contributed by atoms with Gasteiger partial charge in [0.2, 0.25) is 5.91 Å². The third-order valence-electron chi connectivity index (χ3n) is 3.18. The fourth-order valence-corrected chi connectivity index (χ4v) is 1.92. The van der Waals surface area contributed by atoms with Gasteiger partial charge in [0, 0.05) is 11.3 Å². The van der Waals surface area contributed by atoms with Crippen molar-refractivity contribution in [2.45, 2.75) is 13.0 Å². The van der Waals surface area contributed by atoms with Crippen LogP contribution in [0.1, 0.15) is 17.3 Å². The number of hydrogen-bond acceptors (Lipinski definition) is 4. The van der Waals surface area contributed by atoms with Crippen molar-refractivity contribution in [3.8, 4) is 11.5 Å². The summed E-state index contributed by atoms with van der Waals surface area (Å²) < 4.78 is 10.8. The van der Waals surface area contributed by atoms with Gasteiger partial charge in [0.1, 0.15) is 0 Å². The Hall–Kier alpha value is -3.02. The summed E-state index contributed by atoms with van der Waals surface area (Å²) in [6.45, 7) is 1.64. The first-order valence-electron chi connectivity index (χ1n) is 7.01. The van der Waals surface area contributed by atoms with Crippen LogP contribution in [0.15, 0.2) is 48.5 Å². The minimum atomic E-state index is -0.720. The van der Waals surface area contributed by atoms with E-state index in [0.717, 1.165) is 0 Å². The van der Waals surface area contributed by atoms with Crippen LogP contribution in [0.5, 0.6) is 11.5 Å². The van der Waals surface area contributed by atoms with E-state index >= 15 is 0 Å². The molecule has 1 atom stereocenters. The highest BCUT2D eigenvalue weighted by Gasteiger charge is 2.17. The van der Waals surface area contributed by atoms with Crippen LogP contribution < -0.4 is 20.5 Å². The van der Waals surface area contributed by atoms with Crippen molar-refractivity contribution in [3.05, 3.63) is 54.1 Å². The fraction of sp³-hybridized carbons (Fsp3) is 0.176. The van der Waals surface area contributed by atoms with E-state index in [2.05, 4.69) is 5.32 Å². The number of ether oxygens (including phenoxy) is 2. The van der Waals surface area contributed by atoms with Crippen LogP contribution in [0.25, 0.3) is 0 Å². The van der Waals surface area contributed by atoms with E-state index < -0.39 is 12.0 Å². The Balaban J connectivity index is 2.01. The van der Waals surface area contributed by atoms with Crippen molar-refractivity contribution < 1.29 is 19.1 Å². The Bertz CT molecular complexity index is 698. The molecule has 6 heteroatoms. The van der Waals surface area contributed by atoms with Gasteiger partial charge in [-0.05, 0) is 43.3 Å². The van der Waals surface area contributed by atoms with Crippen molar-refractivity contribution in [2.24, 2.45) is 5.73 Å². The van der Waals surface area contributed by atoms with Gasteiger partial charge in [-0.15, -0.1) is 0 Å². The number of nitrogens with two attached hydrogens (primary N) is 1. The molecule has 0 spiro atoms. The summed E-state index contributed by atoms with van der Waals surface area (Å²) in [4.78, 5) is 23.2. The SMILES string of the molecule is COc1ccccc1OC(C)C(=O)Nc1ccc(C(N)=O)cc1. The number of anilines is 1. The molecule has 2 aromatic rings. The lowest BCUT2D eigenvalue weighted by atomic mass is 10.2. The first-order chi connectivity index (χ1) is 11.0. The van der Waals surface area contributed by atoms with Gasteiger partial charge in [0.05, 0.1) is 7.11 Å². The van der Waals surface area contributed by atoms with Crippen LogP contribution in [0.3, 0.4) is 0 Å². The molecule has 0 aliphatic carbocycles. The molecule has 2 amide bonds. The summed E-state index contributed by atoms with van der Waals surface area (Å²) in [6.07, 6.45) is -0.720. The highest BCUT2D eigenvalue weighted by Crippen LogP contribution is 2.27. The van der Waals surface area contributed by atoms with Gasteiger partial charge in [-0.3, -0.25) is 9.59 Å². The molecule has 1 unspecified atom stereocenters. The van der Waals surface area contributed by atoms with E-state index in [-0.39, 0.29) is 5.91 Å². The number of primary amides is 1. The lowest BCUT2D eigenvalue weighted by Crippen LogP contribution is -2.30. The Morgan fingerprint density at radius 3 is 2.22 bits per heavy atom. The second-order valence-electron chi connectivity index (χ2n) is 4.84. The highest BCUT2D eigenvalue weighted by molar-refractivity contribution is 5.96. The van der Waals surface area contributed by atoms with Crippen molar-refractivity contribution in [1.29, 1.82) is 0 Å². The van der Waals surface area contributed by atoms with Gasteiger partial charge in [-0.2, -0.15) is 0 Å². The molecule has 0 bridgehead atoms. The number of para-hydroxylation sites is 2. The van der Waals surface area contributed by atoms with Gasteiger partial charge >= 0.3 is 0 Å². The number of amides is 2. The lowest BCUT2D eigenvalue weighted by molar-refractivity contribution is -0.122. The summed E-state index contributed by atoms with van der Waals surface area (Å²) in [5.41, 5.74) is 6.10.